The second-order valence-electron chi connectivity index (χ2n) is 6.18. The van der Waals surface area contributed by atoms with Crippen molar-refractivity contribution in [2.75, 3.05) is 6.61 Å². The van der Waals surface area contributed by atoms with Crippen molar-refractivity contribution in [2.45, 2.75) is 26.6 Å². The number of hydrogen-bond donors (Lipinski definition) is 1. The highest BCUT2D eigenvalue weighted by Gasteiger charge is 2.07. The zero-order valence-electron chi connectivity index (χ0n) is 15.5. The second kappa shape index (κ2) is 10.0. The van der Waals surface area contributed by atoms with E-state index in [4.69, 9.17) is 21.1 Å². The molecule has 140 valence electrons. The summed E-state index contributed by atoms with van der Waals surface area (Å²) in [5.74, 6) is 1.53. The Morgan fingerprint density at radius 2 is 1.56 bits per heavy atom. The van der Waals surface area contributed by atoms with Crippen LogP contribution >= 0.6 is 11.6 Å². The normalized spacial score (nSPS) is 10.6. The number of halogens is 1. The molecule has 0 bridgehead atoms. The first-order valence-corrected chi connectivity index (χ1v) is 9.50. The Kier molecular flexibility index (Phi) is 7.14. The number of nitrogens with one attached hydrogen (secondary N) is 1. The Balaban J connectivity index is 1.61. The van der Waals surface area contributed by atoms with Crippen molar-refractivity contribution >= 4 is 11.6 Å². The fourth-order valence-electron chi connectivity index (χ4n) is 2.77. The predicted molar refractivity (Wildman–Crippen MR) is 110 cm³/mol. The van der Waals surface area contributed by atoms with Crippen molar-refractivity contribution in [1.29, 1.82) is 0 Å². The third-order valence-electron chi connectivity index (χ3n) is 4.15. The summed E-state index contributed by atoms with van der Waals surface area (Å²) >= 11 is 6.20. The minimum absolute atomic E-state index is 0.519. The molecule has 3 aromatic carbocycles. The van der Waals surface area contributed by atoms with Gasteiger partial charge >= 0.3 is 0 Å². The van der Waals surface area contributed by atoms with Gasteiger partial charge in [0.25, 0.3) is 0 Å². The van der Waals surface area contributed by atoms with Gasteiger partial charge in [0.15, 0.2) is 11.5 Å². The highest BCUT2D eigenvalue weighted by atomic mass is 35.5. The number of hydrogen-bond acceptors (Lipinski definition) is 3. The Morgan fingerprint density at radius 1 is 0.778 bits per heavy atom. The summed E-state index contributed by atoms with van der Waals surface area (Å²) in [6, 6.07) is 24.0. The molecule has 3 rings (SSSR count). The lowest BCUT2D eigenvalue weighted by Gasteiger charge is -2.14. The molecule has 27 heavy (non-hydrogen) atoms. The molecular formula is C23H24ClNO2. The van der Waals surface area contributed by atoms with Crippen LogP contribution in [0, 0.1) is 0 Å². The van der Waals surface area contributed by atoms with Gasteiger partial charge in [0.1, 0.15) is 6.61 Å². The number of ether oxygens (including phenoxy) is 2. The molecule has 1 N–H and O–H groups in total. The largest absolute Gasteiger partial charge is 0.490 e. The predicted octanol–water partition coefficient (Wildman–Crippen LogP) is 5.61. The van der Waals surface area contributed by atoms with Crippen LogP contribution in [0.1, 0.15) is 23.6 Å². The molecule has 0 unspecified atom stereocenters. The highest BCUT2D eigenvalue weighted by molar-refractivity contribution is 6.31. The van der Waals surface area contributed by atoms with Crippen molar-refractivity contribution < 1.29 is 9.47 Å². The van der Waals surface area contributed by atoms with E-state index < -0.39 is 0 Å². The van der Waals surface area contributed by atoms with Gasteiger partial charge in [-0.05, 0) is 41.8 Å². The molecule has 0 aliphatic heterocycles. The lowest BCUT2D eigenvalue weighted by molar-refractivity contribution is 0.269. The van der Waals surface area contributed by atoms with Crippen LogP contribution in [0.3, 0.4) is 0 Å². The fourth-order valence-corrected chi connectivity index (χ4v) is 2.97. The average molecular weight is 382 g/mol. The molecule has 0 radical (unpaired) electrons. The van der Waals surface area contributed by atoms with Gasteiger partial charge in [-0.2, -0.15) is 0 Å². The van der Waals surface area contributed by atoms with Crippen LogP contribution in [0.25, 0.3) is 0 Å². The van der Waals surface area contributed by atoms with Crippen molar-refractivity contribution in [3.63, 3.8) is 0 Å². The van der Waals surface area contributed by atoms with Crippen LogP contribution in [-0.2, 0) is 19.7 Å². The molecule has 4 heteroatoms. The van der Waals surface area contributed by atoms with Gasteiger partial charge in [-0.15, -0.1) is 0 Å². The van der Waals surface area contributed by atoms with E-state index in [0.29, 0.717) is 13.2 Å². The lowest BCUT2D eigenvalue weighted by atomic mass is 10.1. The van der Waals surface area contributed by atoms with E-state index in [0.717, 1.165) is 46.3 Å². The van der Waals surface area contributed by atoms with Crippen LogP contribution in [-0.4, -0.2) is 6.61 Å². The minimum Gasteiger partial charge on any atom is -0.490 e. The number of benzene rings is 3. The topological polar surface area (TPSA) is 30.5 Å². The van der Waals surface area contributed by atoms with Gasteiger partial charge in [0.2, 0.25) is 0 Å². The second-order valence-corrected chi connectivity index (χ2v) is 6.59. The quantitative estimate of drug-likeness (QED) is 0.522. The zero-order valence-corrected chi connectivity index (χ0v) is 16.2. The van der Waals surface area contributed by atoms with Crippen molar-refractivity contribution in [3.05, 3.63) is 94.5 Å². The van der Waals surface area contributed by atoms with Crippen molar-refractivity contribution in [1.82, 2.24) is 5.32 Å². The van der Waals surface area contributed by atoms with Gasteiger partial charge < -0.3 is 14.8 Å². The summed E-state index contributed by atoms with van der Waals surface area (Å²) in [4.78, 5) is 0. The summed E-state index contributed by atoms with van der Waals surface area (Å²) < 4.78 is 11.7. The maximum absolute atomic E-state index is 6.20. The molecule has 0 saturated heterocycles. The summed E-state index contributed by atoms with van der Waals surface area (Å²) in [6.07, 6.45) is 0. The van der Waals surface area contributed by atoms with Crippen molar-refractivity contribution in [3.8, 4) is 11.5 Å². The van der Waals surface area contributed by atoms with Gasteiger partial charge in [0, 0.05) is 18.1 Å². The molecule has 0 atom stereocenters. The number of rotatable bonds is 9. The van der Waals surface area contributed by atoms with Gasteiger partial charge in [-0.3, -0.25) is 0 Å². The molecule has 0 aliphatic rings. The van der Waals surface area contributed by atoms with E-state index in [1.165, 1.54) is 0 Å². The van der Waals surface area contributed by atoms with Gasteiger partial charge in [-0.25, -0.2) is 0 Å². The van der Waals surface area contributed by atoms with Crippen molar-refractivity contribution in [2.24, 2.45) is 0 Å². The third kappa shape index (κ3) is 5.75. The van der Waals surface area contributed by atoms with Crippen LogP contribution < -0.4 is 14.8 Å². The molecule has 0 saturated carbocycles. The zero-order chi connectivity index (χ0) is 18.9. The standard InChI is InChI=1S/C23H24ClNO2/c1-2-26-23-14-19(15-25-16-20-10-6-7-11-21(20)24)12-13-22(23)27-17-18-8-4-3-5-9-18/h3-14,25H,2,15-17H2,1H3. The molecular weight excluding hydrogens is 358 g/mol. The first-order chi connectivity index (χ1) is 13.3. The Labute approximate surface area is 165 Å². The highest BCUT2D eigenvalue weighted by Crippen LogP contribution is 2.29. The Morgan fingerprint density at radius 3 is 2.33 bits per heavy atom. The van der Waals surface area contributed by atoms with E-state index in [-0.39, 0.29) is 0 Å². The first kappa shape index (κ1) is 19.3. The summed E-state index contributed by atoms with van der Waals surface area (Å²) in [5.41, 5.74) is 3.36. The molecule has 0 heterocycles. The minimum atomic E-state index is 0.519. The van der Waals surface area contributed by atoms with Gasteiger partial charge in [0.05, 0.1) is 6.61 Å². The van der Waals surface area contributed by atoms with E-state index in [1.54, 1.807) is 0 Å². The van der Waals surface area contributed by atoms with Crippen LogP contribution in [0.4, 0.5) is 0 Å². The monoisotopic (exact) mass is 381 g/mol. The molecule has 0 aromatic heterocycles. The SMILES string of the molecule is CCOc1cc(CNCc2ccccc2Cl)ccc1OCc1ccccc1. The summed E-state index contributed by atoms with van der Waals surface area (Å²) in [6.45, 7) is 4.53. The van der Waals surface area contributed by atoms with E-state index in [9.17, 15) is 0 Å². The molecule has 3 nitrogen and oxygen atoms in total. The van der Waals surface area contributed by atoms with Gasteiger partial charge in [-0.1, -0.05) is 66.2 Å². The molecule has 0 fully saturated rings. The third-order valence-corrected chi connectivity index (χ3v) is 4.52. The lowest BCUT2D eigenvalue weighted by Crippen LogP contribution is -2.13. The van der Waals surface area contributed by atoms with Crippen LogP contribution in [0.2, 0.25) is 5.02 Å². The van der Waals surface area contributed by atoms with E-state index in [1.807, 2.05) is 73.7 Å². The average Bonchev–Trinajstić information content (AvgIpc) is 2.70. The summed E-state index contributed by atoms with van der Waals surface area (Å²) in [7, 11) is 0. The fraction of sp³-hybridized carbons (Fsp3) is 0.217. The maximum Gasteiger partial charge on any atom is 0.161 e. The molecule has 3 aromatic rings. The van der Waals surface area contributed by atoms with E-state index in [2.05, 4.69) is 11.4 Å². The summed E-state index contributed by atoms with van der Waals surface area (Å²) in [5, 5.41) is 4.21. The Bertz CT molecular complexity index is 852. The Hall–Kier alpha value is -2.49. The maximum atomic E-state index is 6.20. The smallest absolute Gasteiger partial charge is 0.161 e. The van der Waals surface area contributed by atoms with E-state index >= 15 is 0 Å². The molecule has 0 spiro atoms. The molecule has 0 aliphatic carbocycles. The molecule has 0 amide bonds. The van der Waals surface area contributed by atoms with Crippen LogP contribution in [0.5, 0.6) is 11.5 Å². The first-order valence-electron chi connectivity index (χ1n) is 9.13. The van der Waals surface area contributed by atoms with Crippen LogP contribution in [0.15, 0.2) is 72.8 Å².